The van der Waals surface area contributed by atoms with Gasteiger partial charge in [-0.3, -0.25) is 14.5 Å². The number of aromatic nitrogens is 1. The monoisotopic (exact) mass is 603 g/mol. The summed E-state index contributed by atoms with van der Waals surface area (Å²) in [4.78, 5) is 31.2. The molecule has 3 N–H and O–H groups in total. The van der Waals surface area contributed by atoms with E-state index in [1.807, 2.05) is 0 Å². The molecule has 12 heteroatoms. The lowest BCUT2D eigenvalue weighted by Crippen LogP contribution is -2.38. The van der Waals surface area contributed by atoms with Crippen molar-refractivity contribution in [2.24, 2.45) is 0 Å². The molecule has 1 aromatic heterocycles. The van der Waals surface area contributed by atoms with E-state index < -0.39 is 17.3 Å². The molecule has 0 bridgehead atoms. The van der Waals surface area contributed by atoms with Crippen LogP contribution >= 0.6 is 23.4 Å². The molecule has 1 aliphatic rings. The Kier molecular flexibility index (Phi) is 8.60. The molecule has 0 unspecified atom stereocenters. The number of morpholine rings is 1. The number of aromatic hydroxyl groups is 1. The number of aromatic amines is 1. The van der Waals surface area contributed by atoms with Gasteiger partial charge in [-0.25, -0.2) is 0 Å². The lowest BCUT2D eigenvalue weighted by molar-refractivity contribution is -0.137. The summed E-state index contributed by atoms with van der Waals surface area (Å²) in [5.41, 5.74) is -0.449. The molecule has 1 amide bonds. The van der Waals surface area contributed by atoms with Crippen LogP contribution in [0.25, 0.3) is 22.0 Å². The highest BCUT2D eigenvalue weighted by Crippen LogP contribution is 2.43. The number of nitrogens with zero attached hydrogens (tertiary/aromatic N) is 1. The molecule has 4 aromatic rings. The van der Waals surface area contributed by atoms with Gasteiger partial charge in [0.15, 0.2) is 0 Å². The second kappa shape index (κ2) is 12.2. The fraction of sp³-hybridized carbons (Fsp3) is 0.241. The van der Waals surface area contributed by atoms with Gasteiger partial charge in [-0.05, 0) is 60.7 Å². The van der Waals surface area contributed by atoms with Crippen molar-refractivity contribution in [2.75, 3.05) is 38.2 Å². The summed E-state index contributed by atoms with van der Waals surface area (Å²) in [6.45, 7) is 3.52. The second-order valence-corrected chi connectivity index (χ2v) is 11.0. The first-order chi connectivity index (χ1) is 19.6. The average Bonchev–Trinajstić information content (AvgIpc) is 2.94. The zero-order valence-electron chi connectivity index (χ0n) is 21.6. The zero-order valence-corrected chi connectivity index (χ0v) is 23.1. The van der Waals surface area contributed by atoms with Crippen LogP contribution in [0, 0.1) is 0 Å². The number of nitrogens with one attached hydrogen (secondary N) is 2. The number of amides is 1. The number of hydrogen-bond donors (Lipinski definition) is 3. The van der Waals surface area contributed by atoms with Gasteiger partial charge in [-0.2, -0.15) is 13.2 Å². The van der Waals surface area contributed by atoms with Crippen LogP contribution in [0.2, 0.25) is 5.02 Å². The van der Waals surface area contributed by atoms with Gasteiger partial charge in [0.2, 0.25) is 5.91 Å². The Hall–Kier alpha value is -3.51. The molecule has 0 radical (unpaired) electrons. The van der Waals surface area contributed by atoms with Crippen molar-refractivity contribution in [1.82, 2.24) is 9.88 Å². The molecule has 214 valence electrons. The molecular formula is C29H25ClF3N3O4S. The molecule has 2 heterocycles. The molecule has 0 aliphatic carbocycles. The molecule has 0 spiro atoms. The predicted molar refractivity (Wildman–Crippen MR) is 153 cm³/mol. The minimum absolute atomic E-state index is 0.0803. The number of alkyl halides is 3. The lowest BCUT2D eigenvalue weighted by Gasteiger charge is -2.26. The molecule has 0 saturated carbocycles. The maximum absolute atomic E-state index is 13.6. The first-order valence-corrected chi connectivity index (χ1v) is 13.9. The van der Waals surface area contributed by atoms with Crippen molar-refractivity contribution < 1.29 is 27.8 Å². The van der Waals surface area contributed by atoms with Gasteiger partial charge in [0.05, 0.1) is 23.7 Å². The number of rotatable bonds is 7. The van der Waals surface area contributed by atoms with Gasteiger partial charge in [-0.1, -0.05) is 23.4 Å². The molecule has 7 nitrogen and oxygen atoms in total. The van der Waals surface area contributed by atoms with Crippen molar-refractivity contribution >= 4 is 45.9 Å². The number of pyridine rings is 1. The van der Waals surface area contributed by atoms with Crippen molar-refractivity contribution in [2.45, 2.75) is 22.4 Å². The first kappa shape index (κ1) is 29.0. The number of carbonyl (C=O) groups is 1. The Morgan fingerprint density at radius 3 is 2.51 bits per heavy atom. The maximum Gasteiger partial charge on any atom is 0.416 e. The smallest absolute Gasteiger partial charge is 0.416 e. The summed E-state index contributed by atoms with van der Waals surface area (Å²) >= 11 is 7.20. The maximum atomic E-state index is 13.6. The zero-order chi connectivity index (χ0) is 29.1. The third kappa shape index (κ3) is 6.87. The first-order valence-electron chi connectivity index (χ1n) is 12.7. The van der Waals surface area contributed by atoms with Crippen LogP contribution in [0.4, 0.5) is 18.9 Å². The Labute approximate surface area is 242 Å². The van der Waals surface area contributed by atoms with Crippen LogP contribution in [-0.2, 0) is 15.7 Å². The van der Waals surface area contributed by atoms with E-state index in [1.165, 1.54) is 24.3 Å². The molecule has 41 heavy (non-hydrogen) atoms. The lowest BCUT2D eigenvalue weighted by atomic mass is 9.98. The molecule has 1 fully saturated rings. The minimum Gasteiger partial charge on any atom is -0.507 e. The van der Waals surface area contributed by atoms with Gasteiger partial charge >= 0.3 is 6.18 Å². The standard InChI is InChI=1S/C29H25ClF3N3O4S/c30-18-2-8-24(37)22(16-18)26-21-15-17(29(31,32)33)1-7-23(21)35-28(39)27(26)41-20-5-3-19(4-6-20)34-25(38)9-10-36-11-13-40-14-12-36/h1-8,15-16,37H,9-14H2,(H,34,38)(H,35,39). The van der Waals surface area contributed by atoms with Crippen molar-refractivity contribution in [3.05, 3.63) is 81.6 Å². The number of hydrogen-bond acceptors (Lipinski definition) is 6. The minimum atomic E-state index is -4.62. The van der Waals surface area contributed by atoms with E-state index in [0.717, 1.165) is 37.0 Å². The Morgan fingerprint density at radius 2 is 1.80 bits per heavy atom. The normalized spacial score (nSPS) is 14.3. The van der Waals surface area contributed by atoms with Gasteiger partial charge in [0.25, 0.3) is 5.56 Å². The summed E-state index contributed by atoms with van der Waals surface area (Å²) in [5.74, 6) is -0.377. The number of phenolic OH excluding ortho intramolecular Hbond substituents is 1. The quantitative estimate of drug-likeness (QED) is 0.227. The van der Waals surface area contributed by atoms with Crippen LogP contribution in [0.15, 0.2) is 75.2 Å². The summed E-state index contributed by atoms with van der Waals surface area (Å²) < 4.78 is 46.1. The predicted octanol–water partition coefficient (Wildman–Crippen LogP) is 6.38. The third-order valence-corrected chi connectivity index (χ3v) is 7.98. The molecule has 5 rings (SSSR count). The number of ether oxygens (including phenoxy) is 1. The Morgan fingerprint density at radius 1 is 1.07 bits per heavy atom. The van der Waals surface area contributed by atoms with Crippen LogP contribution in [0.3, 0.4) is 0 Å². The van der Waals surface area contributed by atoms with E-state index >= 15 is 0 Å². The number of H-pyrrole nitrogens is 1. The van der Waals surface area contributed by atoms with E-state index in [2.05, 4.69) is 15.2 Å². The molecule has 1 saturated heterocycles. The summed E-state index contributed by atoms with van der Waals surface area (Å²) in [5, 5.41) is 13.8. The highest BCUT2D eigenvalue weighted by molar-refractivity contribution is 7.99. The van der Waals surface area contributed by atoms with Crippen LogP contribution < -0.4 is 10.9 Å². The van der Waals surface area contributed by atoms with E-state index in [-0.39, 0.29) is 43.6 Å². The summed E-state index contributed by atoms with van der Waals surface area (Å²) in [7, 11) is 0. The third-order valence-electron chi connectivity index (χ3n) is 6.64. The molecule has 0 atom stereocenters. The van der Waals surface area contributed by atoms with Gasteiger partial charge in [0.1, 0.15) is 5.75 Å². The van der Waals surface area contributed by atoms with E-state index in [0.29, 0.717) is 36.8 Å². The SMILES string of the molecule is O=C(CCN1CCOCC1)Nc1ccc(Sc2c(-c3cc(Cl)ccc3O)c3cc(C(F)(F)F)ccc3[nH]c2=O)cc1. The van der Waals surface area contributed by atoms with Gasteiger partial charge in [0, 0.05) is 63.7 Å². The molecular weight excluding hydrogens is 579 g/mol. The topological polar surface area (TPSA) is 94.7 Å². The van der Waals surface area contributed by atoms with Crippen molar-refractivity contribution in [3.63, 3.8) is 0 Å². The van der Waals surface area contributed by atoms with Crippen LogP contribution in [0.1, 0.15) is 12.0 Å². The van der Waals surface area contributed by atoms with Gasteiger partial charge in [-0.15, -0.1) is 0 Å². The molecule has 1 aliphatic heterocycles. The second-order valence-electron chi connectivity index (χ2n) is 9.46. The fourth-order valence-corrected chi connectivity index (χ4v) is 5.70. The Balaban J connectivity index is 1.45. The van der Waals surface area contributed by atoms with E-state index in [4.69, 9.17) is 16.3 Å². The van der Waals surface area contributed by atoms with Crippen molar-refractivity contribution in [1.29, 1.82) is 0 Å². The molecule has 3 aromatic carbocycles. The number of anilines is 1. The largest absolute Gasteiger partial charge is 0.507 e. The average molecular weight is 604 g/mol. The number of benzene rings is 3. The fourth-order valence-electron chi connectivity index (χ4n) is 4.56. The highest BCUT2D eigenvalue weighted by atomic mass is 35.5. The number of carbonyl (C=O) groups excluding carboxylic acids is 1. The van der Waals surface area contributed by atoms with E-state index in [1.54, 1.807) is 24.3 Å². The number of fused-ring (bicyclic) bond motifs is 1. The van der Waals surface area contributed by atoms with Crippen molar-refractivity contribution in [3.8, 4) is 16.9 Å². The highest BCUT2D eigenvalue weighted by Gasteiger charge is 2.31. The van der Waals surface area contributed by atoms with Crippen LogP contribution in [-0.4, -0.2) is 53.7 Å². The Bertz CT molecular complexity index is 1640. The van der Waals surface area contributed by atoms with Crippen LogP contribution in [0.5, 0.6) is 5.75 Å². The number of halogens is 4. The summed E-state index contributed by atoms with van der Waals surface area (Å²) in [6, 6.07) is 14.0. The van der Waals surface area contributed by atoms with Gasteiger partial charge < -0.3 is 20.1 Å². The van der Waals surface area contributed by atoms with E-state index in [9.17, 15) is 27.9 Å². The number of phenols is 1. The summed E-state index contributed by atoms with van der Waals surface area (Å²) in [6.07, 6.45) is -4.29.